The molecule has 0 aliphatic carbocycles. The smallest absolute Gasteiger partial charge is 0.340 e. The van der Waals surface area contributed by atoms with Crippen LogP contribution in [-0.4, -0.2) is 29.8 Å². The third kappa shape index (κ3) is 6.50. The second kappa shape index (κ2) is 10.4. The van der Waals surface area contributed by atoms with E-state index < -0.39 is 30.4 Å². The van der Waals surface area contributed by atoms with E-state index in [1.165, 1.54) is 19.1 Å². The molecule has 3 N–H and O–H groups in total. The highest BCUT2D eigenvalue weighted by Crippen LogP contribution is 2.24. The molecule has 0 aliphatic rings. The number of halogens is 6. The van der Waals surface area contributed by atoms with Gasteiger partial charge in [0.15, 0.2) is 6.61 Å². The topological polar surface area (TPSA) is 77.2 Å². The zero-order valence-electron chi connectivity index (χ0n) is 14.6. The zero-order valence-corrected chi connectivity index (χ0v) is 16.2. The lowest BCUT2D eigenvalue weighted by Gasteiger charge is -2.24. The normalized spacial score (nSPS) is 13.0. The number of pyridine rings is 1. The summed E-state index contributed by atoms with van der Waals surface area (Å²) >= 11 is 0. The minimum atomic E-state index is -4.27. The van der Waals surface area contributed by atoms with E-state index in [-0.39, 0.29) is 36.4 Å². The highest BCUT2D eigenvalue weighted by Gasteiger charge is 2.41. The van der Waals surface area contributed by atoms with Crippen LogP contribution in [0.15, 0.2) is 48.7 Å². The van der Waals surface area contributed by atoms with Crippen molar-refractivity contribution in [1.29, 1.82) is 0 Å². The highest BCUT2D eigenvalue weighted by molar-refractivity contribution is 5.98. The van der Waals surface area contributed by atoms with Crippen LogP contribution in [0, 0.1) is 0 Å². The van der Waals surface area contributed by atoms with Crippen molar-refractivity contribution in [3.8, 4) is 5.88 Å². The van der Waals surface area contributed by atoms with Gasteiger partial charge in [-0.15, -0.1) is 24.8 Å². The first kappa shape index (κ1) is 25.9. The van der Waals surface area contributed by atoms with Crippen LogP contribution in [0.25, 0.3) is 0 Å². The van der Waals surface area contributed by atoms with E-state index >= 15 is 0 Å². The van der Waals surface area contributed by atoms with Crippen molar-refractivity contribution in [2.45, 2.75) is 24.8 Å². The molecular formula is C17H19Cl2F4N3O2. The lowest BCUT2D eigenvalue weighted by molar-refractivity contribution is -0.148. The highest BCUT2D eigenvalue weighted by atomic mass is 35.5. The summed E-state index contributed by atoms with van der Waals surface area (Å²) in [5.41, 5.74) is 5.60. The molecule has 1 unspecified atom stereocenters. The van der Waals surface area contributed by atoms with E-state index in [9.17, 15) is 22.4 Å². The van der Waals surface area contributed by atoms with Crippen LogP contribution in [0.2, 0.25) is 0 Å². The molecule has 0 fully saturated rings. The van der Waals surface area contributed by atoms with Crippen LogP contribution in [0.4, 0.5) is 23.2 Å². The molecule has 2 aromatic rings. The fourth-order valence-corrected chi connectivity index (χ4v) is 1.95. The number of carbonyl (C=O) groups is 1. The molecule has 1 heterocycles. The molecular weight excluding hydrogens is 425 g/mol. The number of anilines is 1. The number of nitrogens with two attached hydrogens (primary N) is 1. The Morgan fingerprint density at radius 3 is 2.29 bits per heavy atom. The molecule has 2 rings (SSSR count). The largest absolute Gasteiger partial charge is 0.471 e. The van der Waals surface area contributed by atoms with Crippen molar-refractivity contribution in [3.05, 3.63) is 54.2 Å². The number of hydrogen-bond donors (Lipinski definition) is 2. The van der Waals surface area contributed by atoms with Gasteiger partial charge in [-0.05, 0) is 18.6 Å². The third-order valence-electron chi connectivity index (χ3n) is 3.57. The Labute approximate surface area is 171 Å². The zero-order chi connectivity index (χ0) is 19.4. The van der Waals surface area contributed by atoms with Crippen molar-refractivity contribution >= 4 is 36.4 Å². The molecule has 5 nitrogen and oxygen atoms in total. The Morgan fingerprint density at radius 2 is 1.79 bits per heavy atom. The average Bonchev–Trinajstić information content (AvgIpc) is 2.61. The summed E-state index contributed by atoms with van der Waals surface area (Å²) in [6, 6.07) is 11.2. The van der Waals surface area contributed by atoms with Gasteiger partial charge < -0.3 is 15.8 Å². The number of rotatable bonds is 7. The Hall–Kier alpha value is -2.10. The lowest BCUT2D eigenvalue weighted by Crippen LogP contribution is -2.45. The summed E-state index contributed by atoms with van der Waals surface area (Å²) in [5.74, 6) is -5.06. The Morgan fingerprint density at radius 1 is 1.18 bits per heavy atom. The number of alkyl halides is 4. The SMILES string of the molecule is CC(N)(C(=O)Nc1ccc(OCC(F)(F)C(F)F)nc1)c1ccccc1.Cl.Cl. The minimum absolute atomic E-state index is 0. The Kier molecular flexibility index (Phi) is 9.66. The standard InChI is InChI=1S/C17H17F4N3O2.2ClH/c1-16(22,11-5-3-2-4-6-11)15(25)24-12-7-8-13(23-9-12)26-10-17(20,21)14(18)19;;/h2-9,14H,10,22H2,1H3,(H,24,25);2*1H. The first-order chi connectivity index (χ1) is 12.1. The van der Waals surface area contributed by atoms with Gasteiger partial charge in [0, 0.05) is 6.07 Å². The second-order valence-corrected chi connectivity index (χ2v) is 5.76. The number of ether oxygens (including phenoxy) is 1. The molecule has 0 saturated carbocycles. The van der Waals surface area contributed by atoms with E-state index in [4.69, 9.17) is 5.73 Å². The van der Waals surface area contributed by atoms with Gasteiger partial charge in [-0.3, -0.25) is 4.79 Å². The number of amides is 1. The molecule has 0 bridgehead atoms. The van der Waals surface area contributed by atoms with E-state index in [0.717, 1.165) is 6.20 Å². The van der Waals surface area contributed by atoms with E-state index in [1.54, 1.807) is 30.3 Å². The quantitative estimate of drug-likeness (QED) is 0.633. The van der Waals surface area contributed by atoms with Crippen LogP contribution in [-0.2, 0) is 10.3 Å². The predicted molar refractivity (Wildman–Crippen MR) is 102 cm³/mol. The maximum absolute atomic E-state index is 12.8. The summed E-state index contributed by atoms with van der Waals surface area (Å²) in [5, 5.41) is 2.55. The second-order valence-electron chi connectivity index (χ2n) is 5.76. The fraction of sp³-hybridized carbons (Fsp3) is 0.294. The van der Waals surface area contributed by atoms with Gasteiger partial charge in [-0.2, -0.15) is 8.78 Å². The van der Waals surface area contributed by atoms with Gasteiger partial charge in [0.05, 0.1) is 11.9 Å². The number of nitrogens with one attached hydrogen (secondary N) is 1. The third-order valence-corrected chi connectivity index (χ3v) is 3.57. The summed E-state index contributed by atoms with van der Waals surface area (Å²) < 4.78 is 54.3. The molecule has 1 atom stereocenters. The van der Waals surface area contributed by atoms with Crippen LogP contribution in [0.5, 0.6) is 5.88 Å². The van der Waals surface area contributed by atoms with Crippen LogP contribution >= 0.6 is 24.8 Å². The number of carbonyl (C=O) groups excluding carboxylic acids is 1. The molecule has 0 aliphatic heterocycles. The van der Waals surface area contributed by atoms with Gasteiger partial charge >= 0.3 is 12.3 Å². The number of aromatic nitrogens is 1. The average molecular weight is 444 g/mol. The van der Waals surface area contributed by atoms with E-state index in [0.29, 0.717) is 5.56 Å². The first-order valence-corrected chi connectivity index (χ1v) is 7.53. The van der Waals surface area contributed by atoms with Crippen molar-refractivity contribution in [2.24, 2.45) is 5.73 Å². The van der Waals surface area contributed by atoms with Gasteiger partial charge in [-0.25, -0.2) is 13.8 Å². The van der Waals surface area contributed by atoms with Gasteiger partial charge in [0.25, 0.3) is 0 Å². The van der Waals surface area contributed by atoms with Gasteiger partial charge in [0.1, 0.15) is 5.54 Å². The van der Waals surface area contributed by atoms with E-state index in [1.807, 2.05) is 0 Å². The van der Waals surface area contributed by atoms with Crippen LogP contribution in [0.3, 0.4) is 0 Å². The molecule has 1 aromatic carbocycles. The summed E-state index contributed by atoms with van der Waals surface area (Å²) in [6.45, 7) is 0.0350. The molecule has 1 amide bonds. The maximum Gasteiger partial charge on any atom is 0.340 e. The fourth-order valence-electron chi connectivity index (χ4n) is 1.95. The molecule has 0 radical (unpaired) electrons. The van der Waals surface area contributed by atoms with Crippen molar-refractivity contribution in [1.82, 2.24) is 4.98 Å². The molecule has 0 saturated heterocycles. The first-order valence-electron chi connectivity index (χ1n) is 7.53. The number of nitrogens with zero attached hydrogens (tertiary/aromatic N) is 1. The molecule has 1 aromatic heterocycles. The van der Waals surface area contributed by atoms with E-state index in [2.05, 4.69) is 15.0 Å². The Bertz CT molecular complexity index is 748. The summed E-state index contributed by atoms with van der Waals surface area (Å²) in [6.07, 6.45) is -2.68. The van der Waals surface area contributed by atoms with Gasteiger partial charge in [-0.1, -0.05) is 30.3 Å². The predicted octanol–water partition coefficient (Wildman–Crippen LogP) is 4.02. The van der Waals surface area contributed by atoms with Crippen molar-refractivity contribution < 1.29 is 27.1 Å². The van der Waals surface area contributed by atoms with Crippen molar-refractivity contribution in [2.75, 3.05) is 11.9 Å². The molecule has 11 heteroatoms. The van der Waals surface area contributed by atoms with Gasteiger partial charge in [0.2, 0.25) is 11.8 Å². The minimum Gasteiger partial charge on any atom is -0.471 e. The summed E-state index contributed by atoms with van der Waals surface area (Å²) in [7, 11) is 0. The summed E-state index contributed by atoms with van der Waals surface area (Å²) in [4.78, 5) is 16.1. The molecule has 0 spiro atoms. The monoisotopic (exact) mass is 443 g/mol. The van der Waals surface area contributed by atoms with Crippen LogP contribution < -0.4 is 15.8 Å². The van der Waals surface area contributed by atoms with Crippen molar-refractivity contribution in [3.63, 3.8) is 0 Å². The lowest BCUT2D eigenvalue weighted by atomic mass is 9.92. The molecule has 28 heavy (non-hydrogen) atoms. The molecule has 156 valence electrons. The Balaban J connectivity index is 0.00000364. The number of benzene rings is 1. The maximum atomic E-state index is 12.8. The number of hydrogen-bond acceptors (Lipinski definition) is 4. The van der Waals surface area contributed by atoms with Crippen LogP contribution in [0.1, 0.15) is 12.5 Å².